The summed E-state index contributed by atoms with van der Waals surface area (Å²) in [5.41, 5.74) is 3.23. The molecule has 188 valence electrons. The number of anilines is 1. The van der Waals surface area contributed by atoms with Gasteiger partial charge in [0.15, 0.2) is 0 Å². The minimum absolute atomic E-state index is 0.141. The smallest absolute Gasteiger partial charge is 0.254 e. The lowest BCUT2D eigenvalue weighted by molar-refractivity contribution is -0.123. The van der Waals surface area contributed by atoms with E-state index in [0.717, 1.165) is 11.1 Å². The van der Waals surface area contributed by atoms with Crippen molar-refractivity contribution in [1.29, 1.82) is 0 Å². The van der Waals surface area contributed by atoms with Gasteiger partial charge in [0.1, 0.15) is 12.3 Å². The van der Waals surface area contributed by atoms with E-state index >= 15 is 0 Å². The Morgan fingerprint density at radius 2 is 2.08 bits per heavy atom. The summed E-state index contributed by atoms with van der Waals surface area (Å²) in [6, 6.07) is 12.0. The van der Waals surface area contributed by atoms with Crippen molar-refractivity contribution in [2.75, 3.05) is 26.0 Å². The lowest BCUT2D eigenvalue weighted by atomic mass is 9.99. The zero-order valence-electron chi connectivity index (χ0n) is 20.3. The Bertz CT molecular complexity index is 1280. The number of fused-ring (bicyclic) bond motifs is 1. The van der Waals surface area contributed by atoms with Gasteiger partial charge in [-0.2, -0.15) is 0 Å². The number of aromatic nitrogens is 2. The Balaban J connectivity index is 1.50. The normalized spacial score (nSPS) is 14.2. The van der Waals surface area contributed by atoms with Crippen molar-refractivity contribution in [2.45, 2.75) is 32.0 Å². The van der Waals surface area contributed by atoms with Crippen molar-refractivity contribution < 1.29 is 19.4 Å². The maximum absolute atomic E-state index is 13.2. The lowest BCUT2D eigenvalue weighted by Crippen LogP contribution is -2.42. The first-order valence-electron chi connectivity index (χ1n) is 11.6. The summed E-state index contributed by atoms with van der Waals surface area (Å²) >= 11 is 6.30. The van der Waals surface area contributed by atoms with Crippen LogP contribution in [0.25, 0.3) is 11.3 Å². The highest BCUT2D eigenvalue weighted by Crippen LogP contribution is 2.31. The predicted octanol–water partition coefficient (Wildman–Crippen LogP) is 3.43. The molecule has 10 heteroatoms. The first kappa shape index (κ1) is 25.4. The van der Waals surface area contributed by atoms with E-state index in [4.69, 9.17) is 16.3 Å². The Labute approximate surface area is 214 Å². The van der Waals surface area contributed by atoms with Crippen LogP contribution in [0, 0.1) is 0 Å². The number of rotatable bonds is 9. The average Bonchev–Trinajstić information content (AvgIpc) is 3.21. The molecule has 0 aliphatic carbocycles. The molecular weight excluding hydrogens is 482 g/mol. The summed E-state index contributed by atoms with van der Waals surface area (Å²) < 4.78 is 5.28. The predicted molar refractivity (Wildman–Crippen MR) is 137 cm³/mol. The van der Waals surface area contributed by atoms with Crippen LogP contribution in [0.1, 0.15) is 40.9 Å². The number of halogens is 1. The van der Waals surface area contributed by atoms with Crippen molar-refractivity contribution in [2.24, 2.45) is 0 Å². The maximum atomic E-state index is 13.2. The number of aliphatic hydroxyl groups is 1. The number of ether oxygens (including phenoxy) is 1. The highest BCUT2D eigenvalue weighted by Gasteiger charge is 2.31. The van der Waals surface area contributed by atoms with Crippen molar-refractivity contribution in [1.82, 2.24) is 20.2 Å². The summed E-state index contributed by atoms with van der Waals surface area (Å²) in [6.07, 6.45) is 1.15. The van der Waals surface area contributed by atoms with Crippen LogP contribution >= 0.6 is 11.6 Å². The Hall–Kier alpha value is -3.69. The number of hydrogen-bond donors (Lipinski definition) is 3. The molecule has 2 unspecified atom stereocenters. The average molecular weight is 510 g/mol. The summed E-state index contributed by atoms with van der Waals surface area (Å²) in [5.74, 6) is 0.422. The van der Waals surface area contributed by atoms with Gasteiger partial charge in [-0.1, -0.05) is 42.8 Å². The fourth-order valence-electron chi connectivity index (χ4n) is 4.19. The standard InChI is InChI=1S/C26H28ClN5O4/c1-4-21(33)24(15-6-5-7-18(10-15)36-3)30-22(34)14-32-13-17-9-8-16(11-19(17)25(32)35)23-20(27)12-29-26(28-2)31-23/h5-12,21,24,33H,4,13-14H2,1-3H3,(H,30,34)(H,28,29,31). The number of nitrogens with zero attached hydrogens (tertiary/aromatic N) is 3. The second-order valence-corrected chi connectivity index (χ2v) is 8.88. The fraction of sp³-hybridized carbons (Fsp3) is 0.308. The number of hydrogen-bond acceptors (Lipinski definition) is 7. The Kier molecular flexibility index (Phi) is 7.71. The van der Waals surface area contributed by atoms with Crippen molar-refractivity contribution in [3.05, 3.63) is 70.4 Å². The second-order valence-electron chi connectivity index (χ2n) is 8.47. The van der Waals surface area contributed by atoms with E-state index in [9.17, 15) is 14.7 Å². The van der Waals surface area contributed by atoms with Crippen molar-refractivity contribution in [3.63, 3.8) is 0 Å². The fourth-order valence-corrected chi connectivity index (χ4v) is 4.39. The van der Waals surface area contributed by atoms with Crippen LogP contribution < -0.4 is 15.4 Å². The van der Waals surface area contributed by atoms with E-state index in [1.54, 1.807) is 38.4 Å². The molecule has 0 spiro atoms. The lowest BCUT2D eigenvalue weighted by Gasteiger charge is -2.25. The molecule has 9 nitrogen and oxygen atoms in total. The van der Waals surface area contributed by atoms with Crippen LogP contribution in [-0.4, -0.2) is 58.6 Å². The van der Waals surface area contributed by atoms with Crippen LogP contribution in [-0.2, 0) is 11.3 Å². The third-order valence-electron chi connectivity index (χ3n) is 6.14. The highest BCUT2D eigenvalue weighted by atomic mass is 35.5. The van der Waals surface area contributed by atoms with Gasteiger partial charge >= 0.3 is 0 Å². The Morgan fingerprint density at radius 3 is 2.81 bits per heavy atom. The van der Waals surface area contributed by atoms with Crippen LogP contribution in [0.15, 0.2) is 48.7 Å². The monoisotopic (exact) mass is 509 g/mol. The topological polar surface area (TPSA) is 117 Å². The van der Waals surface area contributed by atoms with Crippen molar-refractivity contribution >= 4 is 29.4 Å². The Morgan fingerprint density at radius 1 is 1.28 bits per heavy atom. The number of carbonyl (C=O) groups excluding carboxylic acids is 2. The van der Waals surface area contributed by atoms with Crippen molar-refractivity contribution in [3.8, 4) is 17.0 Å². The molecule has 2 aromatic carbocycles. The molecular formula is C26H28ClN5O4. The second kappa shape index (κ2) is 10.9. The molecule has 36 heavy (non-hydrogen) atoms. The zero-order valence-corrected chi connectivity index (χ0v) is 21.0. The first-order valence-corrected chi connectivity index (χ1v) is 12.0. The van der Waals surface area contributed by atoms with Gasteiger partial charge < -0.3 is 25.4 Å². The molecule has 0 bridgehead atoms. The minimum Gasteiger partial charge on any atom is -0.497 e. The molecule has 4 rings (SSSR count). The van der Waals surface area contributed by atoms with Gasteiger partial charge in [0.25, 0.3) is 5.91 Å². The SMILES string of the molecule is CCC(O)C(NC(=O)CN1Cc2ccc(-c3nc(NC)ncc3Cl)cc2C1=O)c1cccc(OC)c1. The van der Waals surface area contributed by atoms with E-state index in [0.29, 0.717) is 46.5 Å². The van der Waals surface area contributed by atoms with Gasteiger partial charge in [-0.05, 0) is 35.7 Å². The highest BCUT2D eigenvalue weighted by molar-refractivity contribution is 6.33. The minimum atomic E-state index is -0.796. The molecule has 3 aromatic rings. The molecule has 3 N–H and O–H groups in total. The van der Waals surface area contributed by atoms with Gasteiger partial charge in [0, 0.05) is 24.7 Å². The summed E-state index contributed by atoms with van der Waals surface area (Å²) in [6.45, 7) is 2.00. The summed E-state index contributed by atoms with van der Waals surface area (Å²) in [4.78, 5) is 36.1. The number of carbonyl (C=O) groups is 2. The molecule has 2 atom stereocenters. The van der Waals surface area contributed by atoms with Crippen LogP contribution in [0.5, 0.6) is 5.75 Å². The number of benzene rings is 2. The third-order valence-corrected chi connectivity index (χ3v) is 6.41. The van der Waals surface area contributed by atoms with E-state index in [2.05, 4.69) is 20.6 Å². The van der Waals surface area contributed by atoms with E-state index < -0.39 is 12.1 Å². The van der Waals surface area contributed by atoms with Crippen LogP contribution in [0.3, 0.4) is 0 Å². The molecule has 0 saturated carbocycles. The molecule has 0 radical (unpaired) electrons. The van der Waals surface area contributed by atoms with E-state index in [1.165, 1.54) is 11.1 Å². The van der Waals surface area contributed by atoms with Gasteiger partial charge in [0.2, 0.25) is 11.9 Å². The molecule has 0 fully saturated rings. The molecule has 1 aliphatic rings. The number of amides is 2. The number of nitrogens with one attached hydrogen (secondary N) is 2. The van der Waals surface area contributed by atoms with Crippen LogP contribution in [0.4, 0.5) is 5.95 Å². The van der Waals surface area contributed by atoms with Gasteiger partial charge in [-0.25, -0.2) is 9.97 Å². The quantitative estimate of drug-likeness (QED) is 0.404. The molecule has 0 saturated heterocycles. The van der Waals surface area contributed by atoms with Gasteiger partial charge in [-0.15, -0.1) is 0 Å². The van der Waals surface area contributed by atoms with Gasteiger partial charge in [0.05, 0.1) is 36.2 Å². The van der Waals surface area contributed by atoms with E-state index in [-0.39, 0.29) is 18.4 Å². The maximum Gasteiger partial charge on any atom is 0.254 e. The van der Waals surface area contributed by atoms with E-state index in [1.807, 2.05) is 25.1 Å². The summed E-state index contributed by atoms with van der Waals surface area (Å²) in [7, 11) is 3.27. The molecule has 2 heterocycles. The molecule has 2 amide bonds. The number of methoxy groups -OCH3 is 1. The molecule has 1 aliphatic heterocycles. The van der Waals surface area contributed by atoms with Crippen LogP contribution in [0.2, 0.25) is 5.02 Å². The van der Waals surface area contributed by atoms with Gasteiger partial charge in [-0.3, -0.25) is 9.59 Å². The largest absolute Gasteiger partial charge is 0.497 e. The third kappa shape index (κ3) is 5.27. The summed E-state index contributed by atoms with van der Waals surface area (Å²) in [5, 5.41) is 16.7. The zero-order chi connectivity index (χ0) is 25.8. The molecule has 1 aromatic heterocycles. The number of aliphatic hydroxyl groups excluding tert-OH is 1. The first-order chi connectivity index (χ1) is 17.3.